The Kier molecular flexibility index (Phi) is 8.13. The monoisotopic (exact) mass is 568 g/mol. The number of fused-ring (bicyclic) bond motifs is 1. The molecule has 1 saturated heterocycles. The Balaban J connectivity index is 1.38. The number of hydrogen-bond acceptors (Lipinski definition) is 7. The lowest BCUT2D eigenvalue weighted by Gasteiger charge is -2.49. The van der Waals surface area contributed by atoms with E-state index in [1.807, 2.05) is 7.05 Å². The maximum atomic E-state index is 12.8. The first-order chi connectivity index (χ1) is 17.2. The van der Waals surface area contributed by atoms with E-state index < -0.39 is 35.2 Å². The van der Waals surface area contributed by atoms with Gasteiger partial charge in [0.05, 0.1) is 16.3 Å². The van der Waals surface area contributed by atoms with E-state index in [2.05, 4.69) is 5.32 Å². The van der Waals surface area contributed by atoms with Crippen LogP contribution in [0.4, 0.5) is 0 Å². The second kappa shape index (κ2) is 11.1. The van der Waals surface area contributed by atoms with Crippen molar-refractivity contribution >= 4 is 70.5 Å². The minimum atomic E-state index is -1.30. The number of hydrogen-bond donors (Lipinski definition) is 2. The molecule has 0 saturated carbocycles. The number of aryl methyl sites for hydroxylation is 1. The minimum Gasteiger partial charge on any atom is -0.477 e. The third-order valence-electron chi connectivity index (χ3n) is 5.41. The molecule has 1 aromatic heterocycles. The Bertz CT molecular complexity index is 1270. The smallest absolute Gasteiger partial charge is 0.352 e. The lowest BCUT2D eigenvalue weighted by atomic mass is 10.0. The number of aromatic nitrogens is 1. The van der Waals surface area contributed by atoms with Gasteiger partial charge in [0.2, 0.25) is 5.91 Å². The Hall–Kier alpha value is -2.73. The minimum absolute atomic E-state index is 0.00156. The Morgan fingerprint density at radius 1 is 1.25 bits per heavy atom. The van der Waals surface area contributed by atoms with Crippen molar-refractivity contribution in [3.05, 3.63) is 69.6 Å². The van der Waals surface area contributed by atoms with Crippen LogP contribution in [0.1, 0.15) is 10.4 Å². The van der Waals surface area contributed by atoms with E-state index in [1.165, 1.54) is 23.5 Å². The molecule has 0 aliphatic carbocycles. The molecule has 3 heterocycles. The second-order valence-electron chi connectivity index (χ2n) is 7.90. The Morgan fingerprint density at radius 3 is 2.67 bits per heavy atom. The molecule has 2 aliphatic rings. The lowest BCUT2D eigenvalue weighted by molar-refractivity contribution is -0.671. The third kappa shape index (κ3) is 5.64. The van der Waals surface area contributed by atoms with Gasteiger partial charge in [-0.15, -0.1) is 23.5 Å². The number of amides is 2. The van der Waals surface area contributed by atoms with Gasteiger partial charge in [-0.1, -0.05) is 23.2 Å². The highest BCUT2D eigenvalue weighted by Gasteiger charge is 2.54. The first-order valence-corrected chi connectivity index (χ1v) is 13.3. The molecule has 2 amide bonds. The predicted octanol–water partition coefficient (Wildman–Crippen LogP) is 2.51. The number of carbonyl (C=O) groups is 4. The van der Waals surface area contributed by atoms with Crippen LogP contribution in [0.3, 0.4) is 0 Å². The third-order valence-corrected chi connectivity index (χ3v) is 8.48. The van der Waals surface area contributed by atoms with Gasteiger partial charge in [0.15, 0.2) is 12.4 Å². The topological polar surface area (TPSA) is 117 Å². The van der Waals surface area contributed by atoms with Crippen LogP contribution >= 0.6 is 46.7 Å². The number of benzene rings is 1. The molecule has 2 atom stereocenters. The van der Waals surface area contributed by atoms with Gasteiger partial charge < -0.3 is 15.2 Å². The summed E-state index contributed by atoms with van der Waals surface area (Å²) in [5, 5.41) is 12.8. The molecular formula is C23H20Cl2N3O6S2+. The molecule has 2 aliphatic heterocycles. The fourth-order valence-electron chi connectivity index (χ4n) is 3.61. The lowest BCUT2D eigenvalue weighted by Crippen LogP contribution is -2.70. The van der Waals surface area contributed by atoms with Crippen molar-refractivity contribution in [2.24, 2.45) is 7.05 Å². The van der Waals surface area contributed by atoms with Crippen LogP contribution in [-0.4, -0.2) is 63.3 Å². The molecule has 188 valence electrons. The van der Waals surface area contributed by atoms with Crippen LogP contribution in [0.2, 0.25) is 10.0 Å². The summed E-state index contributed by atoms with van der Waals surface area (Å²) in [5.74, 6) is -2.61. The van der Waals surface area contributed by atoms with Crippen molar-refractivity contribution < 1.29 is 33.6 Å². The number of nitrogens with zero attached hydrogens (tertiary/aromatic N) is 2. The highest BCUT2D eigenvalue weighted by Crippen LogP contribution is 2.40. The number of halogens is 2. The number of pyridine rings is 1. The zero-order valence-electron chi connectivity index (χ0n) is 18.8. The molecule has 13 heteroatoms. The van der Waals surface area contributed by atoms with E-state index >= 15 is 0 Å². The summed E-state index contributed by atoms with van der Waals surface area (Å²) in [4.78, 5) is 51.3. The second-order valence-corrected chi connectivity index (χ2v) is 10.9. The van der Waals surface area contributed by atoms with Gasteiger partial charge in [-0.3, -0.25) is 14.5 Å². The Morgan fingerprint density at radius 2 is 1.97 bits per heavy atom. The molecule has 4 rings (SSSR count). The highest BCUT2D eigenvalue weighted by atomic mass is 35.5. The van der Waals surface area contributed by atoms with E-state index in [1.54, 1.807) is 47.3 Å². The largest absolute Gasteiger partial charge is 0.477 e. The average Bonchev–Trinajstić information content (AvgIpc) is 2.85. The fourth-order valence-corrected chi connectivity index (χ4v) is 6.25. The van der Waals surface area contributed by atoms with Gasteiger partial charge in [0.1, 0.15) is 30.8 Å². The summed E-state index contributed by atoms with van der Waals surface area (Å²) < 4.78 is 7.06. The summed E-state index contributed by atoms with van der Waals surface area (Å²) in [7, 11) is 1.81. The van der Waals surface area contributed by atoms with Gasteiger partial charge in [0, 0.05) is 33.4 Å². The first kappa shape index (κ1) is 26.3. The van der Waals surface area contributed by atoms with Crippen LogP contribution in [-0.2, 0) is 26.2 Å². The van der Waals surface area contributed by atoms with E-state index in [0.29, 0.717) is 26.1 Å². The van der Waals surface area contributed by atoms with Crippen LogP contribution in [0.15, 0.2) is 58.9 Å². The van der Waals surface area contributed by atoms with Crippen molar-refractivity contribution in [1.29, 1.82) is 0 Å². The van der Waals surface area contributed by atoms with Gasteiger partial charge >= 0.3 is 11.9 Å². The molecule has 1 fully saturated rings. The first-order valence-electron chi connectivity index (χ1n) is 10.6. The molecule has 36 heavy (non-hydrogen) atoms. The van der Waals surface area contributed by atoms with Gasteiger partial charge in [-0.05, 0) is 18.2 Å². The number of esters is 1. The number of aliphatic carboxylic acids is 1. The molecule has 2 N–H and O–H groups in total. The summed E-state index contributed by atoms with van der Waals surface area (Å²) in [6.07, 6.45) is 3.38. The summed E-state index contributed by atoms with van der Waals surface area (Å²) in [5.41, 5.74) is 0.413. The van der Waals surface area contributed by atoms with Crippen LogP contribution in [0.5, 0.6) is 0 Å². The number of carboxylic acids is 1. The average molecular weight is 569 g/mol. The normalized spacial score (nSPS) is 18.9. The molecule has 2 aromatic rings. The maximum absolute atomic E-state index is 12.8. The van der Waals surface area contributed by atoms with Crippen molar-refractivity contribution in [2.75, 3.05) is 18.1 Å². The van der Waals surface area contributed by atoms with Crippen molar-refractivity contribution in [2.45, 2.75) is 16.3 Å². The number of thioether (sulfide) groups is 2. The SMILES string of the molecule is C[n+]1ccc(C(=O)OCC2=C(C(=O)O)N3C(=O)[C@@H](NC(=O)CSc4cc(Cl)ccc4Cl)C3SC2)cc1. The maximum Gasteiger partial charge on any atom is 0.352 e. The van der Waals surface area contributed by atoms with Gasteiger partial charge in [0.25, 0.3) is 5.91 Å². The quantitative estimate of drug-likeness (QED) is 0.216. The van der Waals surface area contributed by atoms with E-state index in [0.717, 1.165) is 4.90 Å². The van der Waals surface area contributed by atoms with Crippen molar-refractivity contribution in [1.82, 2.24) is 10.2 Å². The number of carboxylic acid groups (broad SMARTS) is 1. The number of carbonyl (C=O) groups excluding carboxylic acids is 3. The van der Waals surface area contributed by atoms with E-state index in [4.69, 9.17) is 27.9 Å². The number of nitrogens with one attached hydrogen (secondary N) is 1. The van der Waals surface area contributed by atoms with Crippen LogP contribution < -0.4 is 9.88 Å². The van der Waals surface area contributed by atoms with E-state index in [-0.39, 0.29) is 23.8 Å². The predicted molar refractivity (Wildman–Crippen MR) is 135 cm³/mol. The zero-order valence-corrected chi connectivity index (χ0v) is 21.9. The fraction of sp³-hybridized carbons (Fsp3) is 0.261. The standard InChI is InChI=1S/C23H19Cl2N3O6S2/c1-27-6-4-12(5-7-27)23(33)34-9-13-10-36-21-18(20(30)28(21)19(13)22(31)32)26-17(29)11-35-16-8-14(24)2-3-15(16)25/h2-8,18,21H,9-11H2,1H3,(H-,26,29,31,32)/p+1/t18-,21?/m1/s1. The molecule has 0 radical (unpaired) electrons. The highest BCUT2D eigenvalue weighted by molar-refractivity contribution is 8.00. The molecule has 1 unspecified atom stereocenters. The van der Waals surface area contributed by atoms with Gasteiger partial charge in [-0.2, -0.15) is 0 Å². The number of β-lactam (4-membered cyclic amide) rings is 1. The van der Waals surface area contributed by atoms with E-state index in [9.17, 15) is 24.3 Å². The molecule has 9 nitrogen and oxygen atoms in total. The summed E-state index contributed by atoms with van der Waals surface area (Å²) >= 11 is 14.6. The molecule has 0 spiro atoms. The van der Waals surface area contributed by atoms with Crippen LogP contribution in [0, 0.1) is 0 Å². The molecular weight excluding hydrogens is 549 g/mol. The number of ether oxygens (including phenoxy) is 1. The zero-order chi connectivity index (χ0) is 26.0. The molecule has 1 aromatic carbocycles. The summed E-state index contributed by atoms with van der Waals surface area (Å²) in [6, 6.07) is 7.23. The van der Waals surface area contributed by atoms with Crippen molar-refractivity contribution in [3.8, 4) is 0 Å². The van der Waals surface area contributed by atoms with Crippen molar-refractivity contribution in [3.63, 3.8) is 0 Å². The Labute approximate surface area is 224 Å². The van der Waals surface area contributed by atoms with Gasteiger partial charge in [-0.25, -0.2) is 14.2 Å². The summed E-state index contributed by atoms with van der Waals surface area (Å²) in [6.45, 7) is -0.265. The number of rotatable bonds is 8. The molecule has 0 bridgehead atoms. The van der Waals surface area contributed by atoms with Crippen LogP contribution in [0.25, 0.3) is 0 Å².